The Labute approximate surface area is 201 Å². The predicted molar refractivity (Wildman–Crippen MR) is 117 cm³/mol. The lowest BCUT2D eigenvalue weighted by molar-refractivity contribution is -0.289. The van der Waals surface area contributed by atoms with Crippen molar-refractivity contribution < 1.29 is 41.0 Å². The number of methoxy groups -OCH3 is 1. The minimum absolute atomic E-state index is 0.0537. The van der Waals surface area contributed by atoms with Gasteiger partial charge in [-0.3, -0.25) is 9.59 Å². The second-order valence-corrected chi connectivity index (χ2v) is 7.78. The van der Waals surface area contributed by atoms with Crippen LogP contribution in [0.15, 0.2) is 60.7 Å². The lowest BCUT2D eigenvalue weighted by atomic mass is 9.98. The Morgan fingerprint density at radius 1 is 0.914 bits per heavy atom. The van der Waals surface area contributed by atoms with Crippen LogP contribution in [0.4, 0.5) is 22.0 Å². The van der Waals surface area contributed by atoms with Crippen molar-refractivity contribution in [1.29, 1.82) is 0 Å². The zero-order valence-corrected chi connectivity index (χ0v) is 18.7. The number of hydrogen-bond donors (Lipinski definition) is 1. The molecule has 0 bridgehead atoms. The molecule has 0 unspecified atom stereocenters. The van der Waals surface area contributed by atoms with Gasteiger partial charge in [-0.15, -0.1) is 0 Å². The molecule has 0 radical (unpaired) electrons. The molecule has 3 aromatic rings. The van der Waals surface area contributed by atoms with Gasteiger partial charge in [-0.1, -0.05) is 29.8 Å². The van der Waals surface area contributed by atoms with Crippen molar-refractivity contribution in [1.82, 2.24) is 0 Å². The van der Waals surface area contributed by atoms with Crippen LogP contribution >= 0.6 is 11.6 Å². The molecule has 5 nitrogen and oxygen atoms in total. The van der Waals surface area contributed by atoms with Crippen molar-refractivity contribution in [3.63, 3.8) is 0 Å². The van der Waals surface area contributed by atoms with Crippen LogP contribution in [0.5, 0.6) is 17.2 Å². The van der Waals surface area contributed by atoms with Crippen LogP contribution in [-0.2, 0) is 12.3 Å². The summed E-state index contributed by atoms with van der Waals surface area (Å²) in [4.78, 5) is 24.4. The first-order valence-electron chi connectivity index (χ1n) is 9.86. The molecule has 0 fully saturated rings. The van der Waals surface area contributed by atoms with Crippen molar-refractivity contribution in [2.75, 3.05) is 7.11 Å². The molecule has 0 spiro atoms. The van der Waals surface area contributed by atoms with Gasteiger partial charge >= 0.3 is 12.1 Å². The van der Waals surface area contributed by atoms with E-state index in [-0.39, 0.29) is 34.1 Å². The van der Waals surface area contributed by atoms with Gasteiger partial charge in [-0.2, -0.15) is 22.0 Å². The number of ketones is 1. The molecule has 184 valence electrons. The lowest BCUT2D eigenvalue weighted by Crippen LogP contribution is -2.33. The summed E-state index contributed by atoms with van der Waals surface area (Å²) < 4.78 is 77.6. The Kier molecular flexibility index (Phi) is 7.35. The summed E-state index contributed by atoms with van der Waals surface area (Å²) in [5, 5.41) is 0.247. The van der Waals surface area contributed by atoms with Crippen LogP contribution in [0.1, 0.15) is 31.8 Å². The summed E-state index contributed by atoms with van der Waals surface area (Å²) in [5.41, 5.74) is 4.05. The first kappa shape index (κ1) is 26.0. The molecule has 0 saturated carbocycles. The maximum Gasteiger partial charge on any atom is 0.458 e. The van der Waals surface area contributed by atoms with E-state index >= 15 is 0 Å². The third-order valence-corrected chi connectivity index (χ3v) is 5.16. The minimum atomic E-state index is -5.87. The number of ether oxygens (including phenoxy) is 2. The molecule has 3 aromatic carbocycles. The molecule has 35 heavy (non-hydrogen) atoms. The summed E-state index contributed by atoms with van der Waals surface area (Å²) in [6.07, 6.45) is -6.19. The maximum absolute atomic E-state index is 14.0. The highest BCUT2D eigenvalue weighted by Crippen LogP contribution is 2.46. The molecule has 3 rings (SSSR count). The van der Waals surface area contributed by atoms with Gasteiger partial charge in [0.15, 0.2) is 17.3 Å². The number of alkyl halides is 5. The van der Waals surface area contributed by atoms with E-state index in [4.69, 9.17) is 26.8 Å². The van der Waals surface area contributed by atoms with Gasteiger partial charge in [0.2, 0.25) is 5.91 Å². The van der Waals surface area contributed by atoms with E-state index in [0.717, 1.165) is 6.07 Å². The highest BCUT2D eigenvalue weighted by molar-refractivity contribution is 6.30. The monoisotopic (exact) mass is 513 g/mol. The summed E-state index contributed by atoms with van der Waals surface area (Å²) in [6.45, 7) is 0. The molecule has 11 heteroatoms. The molecule has 0 saturated heterocycles. The van der Waals surface area contributed by atoms with Gasteiger partial charge in [-0.25, -0.2) is 0 Å². The average molecular weight is 514 g/mol. The van der Waals surface area contributed by atoms with E-state index in [1.807, 2.05) is 0 Å². The third kappa shape index (κ3) is 5.71. The molecule has 1 amide bonds. The van der Waals surface area contributed by atoms with Gasteiger partial charge in [0.1, 0.15) is 5.75 Å². The first-order valence-corrected chi connectivity index (χ1v) is 10.2. The third-order valence-electron chi connectivity index (χ3n) is 4.92. The highest BCUT2D eigenvalue weighted by atomic mass is 35.5. The average Bonchev–Trinajstić information content (AvgIpc) is 2.79. The van der Waals surface area contributed by atoms with Crippen LogP contribution < -0.4 is 15.2 Å². The van der Waals surface area contributed by atoms with E-state index in [0.29, 0.717) is 17.7 Å². The van der Waals surface area contributed by atoms with Crippen LogP contribution in [0.3, 0.4) is 0 Å². The fourth-order valence-electron chi connectivity index (χ4n) is 3.16. The molecule has 0 aromatic heterocycles. The Morgan fingerprint density at radius 3 is 2.26 bits per heavy atom. The van der Waals surface area contributed by atoms with Gasteiger partial charge in [0.25, 0.3) is 0 Å². The summed E-state index contributed by atoms with van der Waals surface area (Å²) in [6, 6.07) is 11.6. The number of carbonyl (C=O) groups is 2. The normalized spacial score (nSPS) is 11.7. The number of carbonyl (C=O) groups excluding carboxylic acids is 2. The maximum atomic E-state index is 14.0. The van der Waals surface area contributed by atoms with Gasteiger partial charge in [-0.05, 0) is 42.0 Å². The Balaban J connectivity index is 2.07. The molecule has 0 atom stereocenters. The van der Waals surface area contributed by atoms with Crippen molar-refractivity contribution in [2.24, 2.45) is 5.73 Å². The molecule has 0 aliphatic rings. The minimum Gasteiger partial charge on any atom is -0.493 e. The number of halogens is 6. The zero-order chi connectivity index (χ0) is 26.0. The summed E-state index contributed by atoms with van der Waals surface area (Å²) in [5.74, 6) is -7.17. The lowest BCUT2D eigenvalue weighted by Gasteiger charge is -2.21. The van der Waals surface area contributed by atoms with Gasteiger partial charge in [0.05, 0.1) is 12.7 Å². The fourth-order valence-corrected chi connectivity index (χ4v) is 3.32. The van der Waals surface area contributed by atoms with Crippen molar-refractivity contribution in [3.05, 3.63) is 87.9 Å². The first-order chi connectivity index (χ1) is 16.3. The van der Waals surface area contributed by atoms with Crippen molar-refractivity contribution in [2.45, 2.75) is 18.5 Å². The molecule has 0 aliphatic heterocycles. The van der Waals surface area contributed by atoms with Crippen molar-refractivity contribution >= 4 is 23.3 Å². The molecule has 0 aliphatic carbocycles. The summed E-state index contributed by atoms with van der Waals surface area (Å²) in [7, 11) is 1.27. The largest absolute Gasteiger partial charge is 0.493 e. The molecule has 2 N–H and O–H groups in total. The number of amides is 1. The van der Waals surface area contributed by atoms with Gasteiger partial charge in [0, 0.05) is 28.6 Å². The Hall–Kier alpha value is -3.66. The second kappa shape index (κ2) is 9.91. The van der Waals surface area contributed by atoms with E-state index in [2.05, 4.69) is 0 Å². The van der Waals surface area contributed by atoms with E-state index in [1.54, 1.807) is 0 Å². The van der Waals surface area contributed by atoms with Crippen molar-refractivity contribution in [3.8, 4) is 17.2 Å². The van der Waals surface area contributed by atoms with Gasteiger partial charge < -0.3 is 15.2 Å². The Morgan fingerprint density at radius 2 is 1.63 bits per heavy atom. The van der Waals surface area contributed by atoms with E-state index in [1.165, 1.54) is 49.6 Å². The molecule has 0 heterocycles. The number of Topliss-reactive ketones (excluding diaryl/α,β-unsaturated/α-hetero) is 1. The number of rotatable bonds is 8. The second-order valence-electron chi connectivity index (χ2n) is 7.34. The number of nitrogens with two attached hydrogens (primary N) is 1. The SMILES string of the molecule is COc1cc(Cl)ccc1Oc1cc(C(F)(F)C(F)(F)F)ccc1C(=O)Cc1cccc(C(N)=O)c1. The van der Waals surface area contributed by atoms with Crippen LogP contribution in [0.2, 0.25) is 5.02 Å². The molecular formula is C24H17ClF5NO4. The Bertz CT molecular complexity index is 1280. The fraction of sp³-hybridized carbons (Fsp3) is 0.167. The molecular weight excluding hydrogens is 497 g/mol. The summed E-state index contributed by atoms with van der Waals surface area (Å²) >= 11 is 5.89. The van der Waals surface area contributed by atoms with E-state index < -0.39 is 35.1 Å². The predicted octanol–water partition coefficient (Wildman–Crippen LogP) is 6.32. The standard InChI is InChI=1S/C24H17ClF5NO4/c1-34-21-12-16(25)6-8-19(21)35-20-11-15(23(26,27)24(28,29)30)5-7-17(20)18(32)10-13-3-2-4-14(9-13)22(31)33/h2-9,11-12H,10H2,1H3,(H2,31,33). The number of primary amides is 1. The smallest absolute Gasteiger partial charge is 0.458 e. The van der Waals surface area contributed by atoms with E-state index in [9.17, 15) is 31.5 Å². The zero-order valence-electron chi connectivity index (χ0n) is 18.0. The quantitative estimate of drug-likeness (QED) is 0.282. The number of hydrogen-bond acceptors (Lipinski definition) is 4. The highest BCUT2D eigenvalue weighted by Gasteiger charge is 2.58. The number of benzene rings is 3. The van der Waals surface area contributed by atoms with Crippen LogP contribution in [0.25, 0.3) is 0 Å². The van der Waals surface area contributed by atoms with Crippen LogP contribution in [0, 0.1) is 0 Å². The van der Waals surface area contributed by atoms with Crippen LogP contribution in [-0.4, -0.2) is 25.0 Å². The topological polar surface area (TPSA) is 78.6 Å².